The normalized spacial score (nSPS) is 25.9. The van der Waals surface area contributed by atoms with E-state index in [9.17, 15) is 13.2 Å². The Kier molecular flexibility index (Phi) is 3.78. The lowest BCUT2D eigenvalue weighted by Crippen LogP contribution is -2.53. The van der Waals surface area contributed by atoms with Crippen LogP contribution in [0.5, 0.6) is 0 Å². The average molecular weight is 210 g/mol. The fourth-order valence-corrected chi connectivity index (χ4v) is 1.86. The van der Waals surface area contributed by atoms with E-state index in [0.717, 1.165) is 13.0 Å². The van der Waals surface area contributed by atoms with E-state index in [1.54, 1.807) is 6.92 Å². The van der Waals surface area contributed by atoms with Crippen LogP contribution in [0.2, 0.25) is 0 Å². The second-order valence-electron chi connectivity index (χ2n) is 4.10. The number of hydrogen-bond donors (Lipinski definition) is 1. The predicted molar refractivity (Wildman–Crippen MR) is 48.9 cm³/mol. The minimum atomic E-state index is -4.04. The van der Waals surface area contributed by atoms with Crippen LogP contribution in [0.25, 0.3) is 0 Å². The summed E-state index contributed by atoms with van der Waals surface area (Å²) in [7, 11) is 0. The molecule has 1 aliphatic heterocycles. The van der Waals surface area contributed by atoms with Crippen molar-refractivity contribution in [1.82, 2.24) is 4.90 Å². The molecule has 0 bridgehead atoms. The van der Waals surface area contributed by atoms with Crippen molar-refractivity contribution in [2.45, 2.75) is 32.0 Å². The number of hydrogen-bond acceptors (Lipinski definition) is 2. The van der Waals surface area contributed by atoms with Gasteiger partial charge in [0.15, 0.2) is 0 Å². The largest absolute Gasteiger partial charge is 0.389 e. The first kappa shape index (κ1) is 11.8. The molecule has 0 spiro atoms. The summed E-state index contributed by atoms with van der Waals surface area (Å²) in [4.78, 5) is 2.04. The van der Waals surface area contributed by atoms with Gasteiger partial charge in [-0.2, -0.15) is 13.2 Å². The SMILES string of the molecule is CC(CN1CCC1CN)CC(F)(F)F. The third-order valence-electron chi connectivity index (χ3n) is 2.66. The van der Waals surface area contributed by atoms with E-state index < -0.39 is 12.6 Å². The Bertz CT molecular complexity index is 179. The van der Waals surface area contributed by atoms with Crippen LogP contribution >= 0.6 is 0 Å². The molecule has 1 heterocycles. The third-order valence-corrected chi connectivity index (χ3v) is 2.66. The van der Waals surface area contributed by atoms with Crippen molar-refractivity contribution in [3.8, 4) is 0 Å². The molecule has 1 saturated heterocycles. The first-order valence-electron chi connectivity index (χ1n) is 4.93. The Balaban J connectivity index is 2.23. The van der Waals surface area contributed by atoms with Crippen molar-refractivity contribution in [2.24, 2.45) is 11.7 Å². The van der Waals surface area contributed by atoms with Gasteiger partial charge in [-0.25, -0.2) is 0 Å². The molecule has 2 unspecified atom stereocenters. The van der Waals surface area contributed by atoms with Crippen LogP contribution < -0.4 is 5.73 Å². The molecule has 0 aliphatic carbocycles. The average Bonchev–Trinajstić information content (AvgIpc) is 1.96. The van der Waals surface area contributed by atoms with Gasteiger partial charge >= 0.3 is 6.18 Å². The third kappa shape index (κ3) is 3.46. The van der Waals surface area contributed by atoms with Crippen LogP contribution in [0.1, 0.15) is 19.8 Å². The van der Waals surface area contributed by atoms with Crippen LogP contribution in [0.4, 0.5) is 13.2 Å². The number of nitrogens with two attached hydrogens (primary N) is 1. The van der Waals surface area contributed by atoms with E-state index in [1.165, 1.54) is 0 Å². The van der Waals surface area contributed by atoms with Gasteiger partial charge in [0.1, 0.15) is 0 Å². The number of likely N-dealkylation sites (tertiary alicyclic amines) is 1. The second-order valence-corrected chi connectivity index (χ2v) is 4.10. The van der Waals surface area contributed by atoms with Crippen LogP contribution in [0, 0.1) is 5.92 Å². The zero-order valence-corrected chi connectivity index (χ0v) is 8.35. The Morgan fingerprint density at radius 3 is 2.50 bits per heavy atom. The summed E-state index contributed by atoms with van der Waals surface area (Å²) in [6.07, 6.45) is -3.71. The zero-order valence-electron chi connectivity index (χ0n) is 8.35. The molecule has 0 amide bonds. The summed E-state index contributed by atoms with van der Waals surface area (Å²) < 4.78 is 36.0. The molecular weight excluding hydrogens is 193 g/mol. The highest BCUT2D eigenvalue weighted by Crippen LogP contribution is 2.27. The van der Waals surface area contributed by atoms with Crippen molar-refractivity contribution in [3.63, 3.8) is 0 Å². The molecule has 14 heavy (non-hydrogen) atoms. The summed E-state index contributed by atoms with van der Waals surface area (Å²) in [5.41, 5.74) is 5.46. The van der Waals surface area contributed by atoms with Crippen molar-refractivity contribution >= 4 is 0 Å². The molecule has 0 radical (unpaired) electrons. The number of halogens is 3. The maximum absolute atomic E-state index is 12.0. The van der Waals surface area contributed by atoms with E-state index in [2.05, 4.69) is 0 Å². The van der Waals surface area contributed by atoms with E-state index in [1.807, 2.05) is 4.90 Å². The molecule has 1 fully saturated rings. The lowest BCUT2D eigenvalue weighted by molar-refractivity contribution is -0.145. The monoisotopic (exact) mass is 210 g/mol. The van der Waals surface area contributed by atoms with Gasteiger partial charge in [0.05, 0.1) is 0 Å². The molecule has 0 aromatic carbocycles. The summed E-state index contributed by atoms with van der Waals surface area (Å²) in [6, 6.07) is 0.311. The predicted octanol–water partition coefficient (Wildman–Crippen LogP) is 1.61. The highest BCUT2D eigenvalue weighted by Gasteiger charge is 2.33. The molecule has 5 heteroatoms. The number of alkyl halides is 3. The minimum Gasteiger partial charge on any atom is -0.329 e. The van der Waals surface area contributed by atoms with Crippen molar-refractivity contribution in [1.29, 1.82) is 0 Å². The summed E-state index contributed by atoms with van der Waals surface area (Å²) in [5.74, 6) is -0.329. The van der Waals surface area contributed by atoms with Crippen LogP contribution in [0.15, 0.2) is 0 Å². The van der Waals surface area contributed by atoms with Gasteiger partial charge in [0.2, 0.25) is 0 Å². The standard InChI is InChI=1S/C9H17F3N2/c1-7(4-9(10,11)12)6-14-3-2-8(14)5-13/h7-8H,2-6,13H2,1H3. The minimum absolute atomic E-state index is 0.311. The fourth-order valence-electron chi connectivity index (χ4n) is 1.86. The van der Waals surface area contributed by atoms with Gasteiger partial charge in [-0.05, 0) is 12.3 Å². The second kappa shape index (κ2) is 4.49. The summed E-state index contributed by atoms with van der Waals surface area (Å²) in [6.45, 7) is 3.60. The maximum Gasteiger partial charge on any atom is 0.389 e. The van der Waals surface area contributed by atoms with Gasteiger partial charge in [-0.15, -0.1) is 0 Å². The Labute approximate surface area is 82.2 Å². The summed E-state index contributed by atoms with van der Waals surface area (Å²) >= 11 is 0. The smallest absolute Gasteiger partial charge is 0.329 e. The van der Waals surface area contributed by atoms with Crippen LogP contribution in [0.3, 0.4) is 0 Å². The summed E-state index contributed by atoms with van der Waals surface area (Å²) in [5, 5.41) is 0. The van der Waals surface area contributed by atoms with Gasteiger partial charge in [0.25, 0.3) is 0 Å². The van der Waals surface area contributed by atoms with Crippen molar-refractivity contribution < 1.29 is 13.2 Å². The van der Waals surface area contributed by atoms with Crippen LogP contribution in [-0.4, -0.2) is 36.8 Å². The first-order valence-corrected chi connectivity index (χ1v) is 4.93. The van der Waals surface area contributed by atoms with Gasteiger partial charge in [-0.3, -0.25) is 4.90 Å². The Hall–Kier alpha value is -0.290. The van der Waals surface area contributed by atoms with Gasteiger partial charge in [0, 0.05) is 32.1 Å². The lowest BCUT2D eigenvalue weighted by atomic mass is 9.99. The van der Waals surface area contributed by atoms with E-state index in [4.69, 9.17) is 5.73 Å². The van der Waals surface area contributed by atoms with Crippen molar-refractivity contribution in [2.75, 3.05) is 19.6 Å². The molecule has 2 atom stereocenters. The highest BCUT2D eigenvalue weighted by molar-refractivity contribution is 4.84. The molecule has 84 valence electrons. The van der Waals surface area contributed by atoms with Crippen LogP contribution in [-0.2, 0) is 0 Å². The molecule has 1 rings (SSSR count). The lowest BCUT2D eigenvalue weighted by Gasteiger charge is -2.41. The van der Waals surface area contributed by atoms with Gasteiger partial charge in [-0.1, -0.05) is 6.92 Å². The van der Waals surface area contributed by atoms with Gasteiger partial charge < -0.3 is 5.73 Å². The molecule has 0 saturated carbocycles. The van der Waals surface area contributed by atoms with Crippen molar-refractivity contribution in [3.05, 3.63) is 0 Å². The van der Waals surface area contributed by atoms with E-state index in [0.29, 0.717) is 19.1 Å². The first-order chi connectivity index (χ1) is 6.42. The van der Waals surface area contributed by atoms with E-state index >= 15 is 0 Å². The Morgan fingerprint density at radius 2 is 2.14 bits per heavy atom. The van der Waals surface area contributed by atoms with E-state index in [-0.39, 0.29) is 5.92 Å². The number of nitrogens with zero attached hydrogens (tertiary/aromatic N) is 1. The maximum atomic E-state index is 12.0. The molecule has 0 aromatic heterocycles. The molecule has 2 N–H and O–H groups in total. The number of rotatable bonds is 4. The molecular formula is C9H17F3N2. The topological polar surface area (TPSA) is 29.3 Å². The quantitative estimate of drug-likeness (QED) is 0.763. The molecule has 1 aliphatic rings. The molecule has 0 aromatic rings. The fraction of sp³-hybridized carbons (Fsp3) is 1.00. The Morgan fingerprint density at radius 1 is 1.50 bits per heavy atom. The zero-order chi connectivity index (χ0) is 10.8. The molecule has 2 nitrogen and oxygen atoms in total. The highest BCUT2D eigenvalue weighted by atomic mass is 19.4.